The van der Waals surface area contributed by atoms with Crippen molar-refractivity contribution < 1.29 is 9.13 Å². The fraction of sp³-hybridized carbons (Fsp3) is 0.125. The van der Waals surface area contributed by atoms with E-state index in [-0.39, 0.29) is 33.3 Å². The van der Waals surface area contributed by atoms with Crippen LogP contribution in [0.2, 0.25) is 0 Å². The highest BCUT2D eigenvalue weighted by molar-refractivity contribution is 9.10. The number of aliphatic imine (C=N–C) groups is 1. The van der Waals surface area contributed by atoms with Crippen molar-refractivity contribution in [2.24, 2.45) is 4.99 Å². The molecule has 1 aliphatic heterocycles. The molecule has 0 aliphatic carbocycles. The Morgan fingerprint density at radius 2 is 2.11 bits per heavy atom. The zero-order valence-corrected chi connectivity index (χ0v) is 15.4. The van der Waals surface area contributed by atoms with Crippen LogP contribution in [-0.4, -0.2) is 18.1 Å². The first-order chi connectivity index (χ1) is 12.9. The molecule has 0 fully saturated rings. The molecule has 0 radical (unpaired) electrons. The number of anilines is 3. The standard InChI is InChI=1S/C16H12BrFN8O/c1-27-10-3-8(17)9(18)2-6(10)13-11-12(21)7(4-19)14(22)25-15(11)26-16(24-13)23-5-20/h2-3,13H,1H3,(H6,21,22,23,24,25,26). The van der Waals surface area contributed by atoms with Crippen LogP contribution in [0.5, 0.6) is 5.75 Å². The van der Waals surface area contributed by atoms with E-state index < -0.39 is 11.9 Å². The molecule has 2 aromatic rings. The Labute approximate surface area is 161 Å². The summed E-state index contributed by atoms with van der Waals surface area (Å²) in [7, 11) is 1.43. The summed E-state index contributed by atoms with van der Waals surface area (Å²) in [5.41, 5.74) is 12.6. The van der Waals surface area contributed by atoms with Crippen LogP contribution in [0.15, 0.2) is 21.6 Å². The predicted molar refractivity (Wildman–Crippen MR) is 100 cm³/mol. The Morgan fingerprint density at radius 1 is 1.37 bits per heavy atom. The van der Waals surface area contributed by atoms with Gasteiger partial charge in [0.25, 0.3) is 0 Å². The molecule has 27 heavy (non-hydrogen) atoms. The topological polar surface area (TPSA) is 158 Å². The summed E-state index contributed by atoms with van der Waals surface area (Å²) in [6, 6.07) is 3.69. The van der Waals surface area contributed by atoms with Gasteiger partial charge in [-0.2, -0.15) is 10.5 Å². The van der Waals surface area contributed by atoms with E-state index in [0.717, 1.165) is 0 Å². The number of benzene rings is 1. The number of aromatic nitrogens is 1. The lowest BCUT2D eigenvalue weighted by atomic mass is 9.94. The van der Waals surface area contributed by atoms with Crippen LogP contribution in [-0.2, 0) is 0 Å². The number of hydrogen-bond donors (Lipinski definition) is 4. The monoisotopic (exact) mass is 430 g/mol. The maximum absolute atomic E-state index is 14.2. The summed E-state index contributed by atoms with van der Waals surface area (Å²) >= 11 is 3.11. The van der Waals surface area contributed by atoms with E-state index in [4.69, 9.17) is 21.5 Å². The molecule has 11 heteroatoms. The molecule has 0 saturated carbocycles. The average molecular weight is 431 g/mol. The second-order valence-corrected chi connectivity index (χ2v) is 6.26. The van der Waals surface area contributed by atoms with Crippen molar-refractivity contribution in [3.8, 4) is 18.0 Å². The van der Waals surface area contributed by atoms with Crippen LogP contribution in [0.4, 0.5) is 21.7 Å². The fourth-order valence-electron chi connectivity index (χ4n) is 2.74. The van der Waals surface area contributed by atoms with Gasteiger partial charge in [-0.3, -0.25) is 5.32 Å². The normalized spacial score (nSPS) is 14.9. The molecule has 0 amide bonds. The molecule has 3 rings (SSSR count). The van der Waals surface area contributed by atoms with Crippen molar-refractivity contribution in [2.45, 2.75) is 6.04 Å². The van der Waals surface area contributed by atoms with Crippen LogP contribution in [0.25, 0.3) is 0 Å². The molecule has 1 atom stereocenters. The third-order valence-electron chi connectivity index (χ3n) is 3.92. The number of hydrogen-bond acceptors (Lipinski definition) is 9. The second kappa shape index (κ2) is 6.97. The Balaban J connectivity index is 2.32. The van der Waals surface area contributed by atoms with Crippen LogP contribution < -0.4 is 26.8 Å². The maximum atomic E-state index is 14.2. The van der Waals surface area contributed by atoms with E-state index in [9.17, 15) is 9.65 Å². The third-order valence-corrected chi connectivity index (χ3v) is 4.53. The molecular formula is C16H12BrFN8O. The van der Waals surface area contributed by atoms with Gasteiger partial charge in [0.05, 0.1) is 17.3 Å². The Bertz CT molecular complexity index is 1060. The number of nitrogens with two attached hydrogens (primary N) is 2. The highest BCUT2D eigenvalue weighted by atomic mass is 79.9. The second-order valence-electron chi connectivity index (χ2n) is 5.41. The number of methoxy groups -OCH3 is 1. The number of rotatable bonds is 2. The van der Waals surface area contributed by atoms with Gasteiger partial charge in [-0.1, -0.05) is 0 Å². The van der Waals surface area contributed by atoms with Gasteiger partial charge in [0.15, 0.2) is 6.19 Å². The molecular weight excluding hydrogens is 419 g/mol. The zero-order chi connectivity index (χ0) is 19.7. The lowest BCUT2D eigenvalue weighted by Crippen LogP contribution is -2.33. The molecule has 136 valence electrons. The molecule has 0 bridgehead atoms. The Morgan fingerprint density at radius 3 is 2.74 bits per heavy atom. The lowest BCUT2D eigenvalue weighted by molar-refractivity contribution is 0.406. The highest BCUT2D eigenvalue weighted by Crippen LogP contribution is 2.44. The largest absolute Gasteiger partial charge is 0.496 e. The number of nitrogens with zero attached hydrogens (tertiary/aromatic N) is 4. The molecule has 1 unspecified atom stereocenters. The van der Waals surface area contributed by atoms with Crippen molar-refractivity contribution in [1.82, 2.24) is 10.3 Å². The number of nitriles is 2. The van der Waals surface area contributed by atoms with E-state index in [1.807, 2.05) is 6.07 Å². The van der Waals surface area contributed by atoms with E-state index >= 15 is 0 Å². The summed E-state index contributed by atoms with van der Waals surface area (Å²) in [5, 5.41) is 23.4. The molecule has 0 saturated heterocycles. The Kier molecular flexibility index (Phi) is 4.71. The Hall–Kier alpha value is -3.57. The van der Waals surface area contributed by atoms with Crippen LogP contribution in [0.1, 0.15) is 22.7 Å². The molecule has 9 nitrogen and oxygen atoms in total. The van der Waals surface area contributed by atoms with Crippen molar-refractivity contribution in [2.75, 3.05) is 23.9 Å². The minimum absolute atomic E-state index is 0.0102. The number of fused-ring (bicyclic) bond motifs is 1. The van der Waals surface area contributed by atoms with Crippen molar-refractivity contribution in [3.05, 3.63) is 39.1 Å². The number of ether oxygens (including phenoxy) is 1. The van der Waals surface area contributed by atoms with E-state index in [2.05, 4.69) is 36.5 Å². The number of guanidine groups is 1. The first-order valence-electron chi connectivity index (χ1n) is 7.43. The number of halogens is 2. The summed E-state index contributed by atoms with van der Waals surface area (Å²) in [5.74, 6) is -0.0232. The van der Waals surface area contributed by atoms with Crippen LogP contribution in [0.3, 0.4) is 0 Å². The van der Waals surface area contributed by atoms with Crippen molar-refractivity contribution in [1.29, 1.82) is 10.5 Å². The van der Waals surface area contributed by atoms with Gasteiger partial charge >= 0.3 is 0 Å². The van der Waals surface area contributed by atoms with Crippen molar-refractivity contribution in [3.63, 3.8) is 0 Å². The lowest BCUT2D eigenvalue weighted by Gasteiger charge is -2.27. The minimum atomic E-state index is -0.894. The summed E-state index contributed by atoms with van der Waals surface area (Å²) in [6.07, 6.45) is 1.74. The molecule has 1 aromatic carbocycles. The maximum Gasteiger partial charge on any atom is 0.211 e. The van der Waals surface area contributed by atoms with Crippen molar-refractivity contribution >= 4 is 39.2 Å². The predicted octanol–water partition coefficient (Wildman–Crippen LogP) is 1.97. The minimum Gasteiger partial charge on any atom is -0.496 e. The summed E-state index contributed by atoms with van der Waals surface area (Å²) < 4.78 is 19.8. The summed E-state index contributed by atoms with van der Waals surface area (Å²) in [6.45, 7) is 0. The number of nitrogen functional groups attached to an aromatic ring is 2. The fourth-order valence-corrected chi connectivity index (χ4v) is 3.06. The van der Waals surface area contributed by atoms with Gasteiger partial charge in [-0.25, -0.2) is 14.4 Å². The quantitative estimate of drug-likeness (QED) is 0.415. The molecule has 1 aromatic heterocycles. The van der Waals surface area contributed by atoms with E-state index in [1.165, 1.54) is 19.2 Å². The van der Waals surface area contributed by atoms with Crippen LogP contribution in [0, 0.1) is 28.6 Å². The first kappa shape index (κ1) is 18.2. The zero-order valence-electron chi connectivity index (χ0n) is 13.8. The third kappa shape index (κ3) is 3.05. The SMILES string of the molecule is COc1cc(Br)c(F)cc1C1N=C(NC#N)Nc2nc(N)c(C#N)c(N)c21. The number of nitrogens with one attached hydrogen (secondary N) is 2. The van der Waals surface area contributed by atoms with Gasteiger partial charge in [0.2, 0.25) is 5.96 Å². The van der Waals surface area contributed by atoms with Crippen LogP contribution >= 0.6 is 15.9 Å². The highest BCUT2D eigenvalue weighted by Gasteiger charge is 2.32. The van der Waals surface area contributed by atoms with Gasteiger partial charge in [-0.15, -0.1) is 0 Å². The van der Waals surface area contributed by atoms with Gasteiger partial charge in [0, 0.05) is 11.1 Å². The van der Waals surface area contributed by atoms with E-state index in [1.54, 1.807) is 6.19 Å². The van der Waals surface area contributed by atoms with Gasteiger partial charge < -0.3 is 21.5 Å². The van der Waals surface area contributed by atoms with Gasteiger partial charge in [-0.05, 0) is 28.1 Å². The smallest absolute Gasteiger partial charge is 0.211 e. The summed E-state index contributed by atoms with van der Waals surface area (Å²) in [4.78, 5) is 8.51. The molecule has 6 N–H and O–H groups in total. The average Bonchev–Trinajstić information content (AvgIpc) is 2.63. The van der Waals surface area contributed by atoms with Gasteiger partial charge in [0.1, 0.15) is 40.9 Å². The molecule has 1 aliphatic rings. The molecule has 0 spiro atoms. The first-order valence-corrected chi connectivity index (χ1v) is 8.22. The van der Waals surface area contributed by atoms with E-state index in [0.29, 0.717) is 16.9 Å². The number of pyridine rings is 1. The molecule has 2 heterocycles.